The smallest absolute Gasteiger partial charge is 0.140 e. The highest BCUT2D eigenvalue weighted by Crippen LogP contribution is 2.25. The second kappa shape index (κ2) is 7.13. The van der Waals surface area contributed by atoms with Crippen molar-refractivity contribution in [1.29, 1.82) is 5.26 Å². The average molecular weight is 243 g/mol. The van der Waals surface area contributed by atoms with Gasteiger partial charge in [-0.05, 0) is 36.6 Å². The molecule has 1 aromatic rings. The van der Waals surface area contributed by atoms with Gasteiger partial charge in [0.05, 0.1) is 0 Å². The van der Waals surface area contributed by atoms with E-state index in [0.29, 0.717) is 5.69 Å². The molecule has 0 amide bonds. The van der Waals surface area contributed by atoms with E-state index in [-0.39, 0.29) is 0 Å². The van der Waals surface area contributed by atoms with E-state index in [1.54, 1.807) is 6.20 Å². The number of hydrogen-bond donors (Lipinski definition) is 1. The van der Waals surface area contributed by atoms with Crippen LogP contribution in [0.2, 0.25) is 0 Å². The Morgan fingerprint density at radius 3 is 2.94 bits per heavy atom. The predicted molar refractivity (Wildman–Crippen MR) is 71.9 cm³/mol. The van der Waals surface area contributed by atoms with Crippen molar-refractivity contribution in [2.24, 2.45) is 5.92 Å². The van der Waals surface area contributed by atoms with Crippen LogP contribution < -0.4 is 5.32 Å². The zero-order valence-electron chi connectivity index (χ0n) is 10.9. The third-order valence-electron chi connectivity index (χ3n) is 3.72. The van der Waals surface area contributed by atoms with Gasteiger partial charge in [-0.15, -0.1) is 0 Å². The largest absolute Gasteiger partial charge is 0.313 e. The minimum Gasteiger partial charge on any atom is -0.313 e. The molecule has 1 N–H and O–H groups in total. The molecule has 18 heavy (non-hydrogen) atoms. The summed E-state index contributed by atoms with van der Waals surface area (Å²) in [6.07, 6.45) is 10.1. The lowest BCUT2D eigenvalue weighted by Gasteiger charge is -2.21. The number of hydrogen-bond acceptors (Lipinski definition) is 3. The highest BCUT2D eigenvalue weighted by atomic mass is 14.8. The van der Waals surface area contributed by atoms with Crippen LogP contribution in [0, 0.1) is 17.2 Å². The number of nitrogens with one attached hydrogen (secondary N) is 1. The highest BCUT2D eigenvalue weighted by Gasteiger charge is 2.12. The summed E-state index contributed by atoms with van der Waals surface area (Å²) in [6.45, 7) is 1.92. The SMILES string of the molecule is N#Cc1cc(CNCCC2CCCCC2)ccn1. The van der Waals surface area contributed by atoms with E-state index in [4.69, 9.17) is 5.26 Å². The lowest BCUT2D eigenvalue weighted by Crippen LogP contribution is -2.19. The molecule has 1 aliphatic rings. The fourth-order valence-electron chi connectivity index (χ4n) is 2.66. The molecular weight excluding hydrogens is 222 g/mol. The van der Waals surface area contributed by atoms with Crippen LogP contribution in [0.1, 0.15) is 49.8 Å². The van der Waals surface area contributed by atoms with E-state index in [1.807, 2.05) is 12.1 Å². The fraction of sp³-hybridized carbons (Fsp3) is 0.600. The molecule has 0 atom stereocenters. The van der Waals surface area contributed by atoms with Crippen molar-refractivity contribution in [2.75, 3.05) is 6.54 Å². The summed E-state index contributed by atoms with van der Waals surface area (Å²) in [5, 5.41) is 12.2. The summed E-state index contributed by atoms with van der Waals surface area (Å²) in [6, 6.07) is 5.89. The Bertz CT molecular complexity index is 402. The molecule has 1 heterocycles. The fourth-order valence-corrected chi connectivity index (χ4v) is 2.66. The molecule has 1 aliphatic carbocycles. The Morgan fingerprint density at radius 2 is 2.17 bits per heavy atom. The van der Waals surface area contributed by atoms with Crippen LogP contribution in [0.15, 0.2) is 18.3 Å². The molecule has 0 unspecified atom stereocenters. The van der Waals surface area contributed by atoms with Gasteiger partial charge in [0, 0.05) is 12.7 Å². The number of pyridine rings is 1. The molecule has 1 fully saturated rings. The van der Waals surface area contributed by atoms with Gasteiger partial charge in [0.1, 0.15) is 11.8 Å². The molecule has 0 saturated heterocycles. The molecule has 3 heteroatoms. The Hall–Kier alpha value is -1.40. The normalized spacial score (nSPS) is 16.4. The summed E-state index contributed by atoms with van der Waals surface area (Å²) >= 11 is 0. The third-order valence-corrected chi connectivity index (χ3v) is 3.72. The quantitative estimate of drug-likeness (QED) is 0.809. The summed E-state index contributed by atoms with van der Waals surface area (Å²) in [5.74, 6) is 0.929. The summed E-state index contributed by atoms with van der Waals surface area (Å²) in [5.41, 5.74) is 1.65. The van der Waals surface area contributed by atoms with E-state index in [0.717, 1.165) is 24.6 Å². The van der Waals surface area contributed by atoms with Crippen molar-refractivity contribution in [2.45, 2.75) is 45.1 Å². The van der Waals surface area contributed by atoms with E-state index < -0.39 is 0 Å². The van der Waals surface area contributed by atoms with Crippen molar-refractivity contribution in [1.82, 2.24) is 10.3 Å². The molecule has 96 valence electrons. The van der Waals surface area contributed by atoms with Gasteiger partial charge in [-0.1, -0.05) is 32.1 Å². The van der Waals surface area contributed by atoms with Gasteiger partial charge in [0.2, 0.25) is 0 Å². The number of nitrogens with zero attached hydrogens (tertiary/aromatic N) is 2. The van der Waals surface area contributed by atoms with Gasteiger partial charge in [0.25, 0.3) is 0 Å². The lowest BCUT2D eigenvalue weighted by atomic mass is 9.87. The molecule has 0 radical (unpaired) electrons. The van der Waals surface area contributed by atoms with Crippen LogP contribution in [0.3, 0.4) is 0 Å². The second-order valence-corrected chi connectivity index (χ2v) is 5.13. The molecule has 0 spiro atoms. The number of aromatic nitrogens is 1. The average Bonchev–Trinajstić information content (AvgIpc) is 2.45. The predicted octanol–water partition coefficient (Wildman–Crippen LogP) is 3.01. The van der Waals surface area contributed by atoms with Crippen LogP contribution in [-0.2, 0) is 6.54 Å². The molecule has 2 rings (SSSR count). The van der Waals surface area contributed by atoms with Crippen molar-refractivity contribution < 1.29 is 0 Å². The molecular formula is C15H21N3. The van der Waals surface area contributed by atoms with Crippen LogP contribution in [0.4, 0.5) is 0 Å². The van der Waals surface area contributed by atoms with Crippen molar-refractivity contribution >= 4 is 0 Å². The number of rotatable bonds is 5. The topological polar surface area (TPSA) is 48.7 Å². The molecule has 3 nitrogen and oxygen atoms in total. The molecule has 1 saturated carbocycles. The highest BCUT2D eigenvalue weighted by molar-refractivity contribution is 5.25. The van der Waals surface area contributed by atoms with Crippen molar-refractivity contribution in [3.63, 3.8) is 0 Å². The van der Waals surface area contributed by atoms with Gasteiger partial charge < -0.3 is 5.32 Å². The maximum Gasteiger partial charge on any atom is 0.140 e. The summed E-state index contributed by atoms with van der Waals surface area (Å²) in [7, 11) is 0. The number of nitriles is 1. The Kier molecular flexibility index (Phi) is 5.16. The summed E-state index contributed by atoms with van der Waals surface area (Å²) in [4.78, 5) is 3.97. The minimum absolute atomic E-state index is 0.501. The maximum absolute atomic E-state index is 8.77. The molecule has 1 aromatic heterocycles. The first-order valence-electron chi connectivity index (χ1n) is 6.94. The molecule has 0 aromatic carbocycles. The maximum atomic E-state index is 8.77. The second-order valence-electron chi connectivity index (χ2n) is 5.13. The van der Waals surface area contributed by atoms with Gasteiger partial charge in [-0.3, -0.25) is 0 Å². The van der Waals surface area contributed by atoms with Gasteiger partial charge in [0.15, 0.2) is 0 Å². The Balaban J connectivity index is 1.67. The van der Waals surface area contributed by atoms with Crippen LogP contribution in [0.5, 0.6) is 0 Å². The summed E-state index contributed by atoms with van der Waals surface area (Å²) < 4.78 is 0. The van der Waals surface area contributed by atoms with E-state index in [1.165, 1.54) is 38.5 Å². The van der Waals surface area contributed by atoms with E-state index in [2.05, 4.69) is 16.4 Å². The van der Waals surface area contributed by atoms with Crippen molar-refractivity contribution in [3.05, 3.63) is 29.6 Å². The first kappa shape index (κ1) is 13.0. The Labute approximate surface area is 109 Å². The molecule has 0 aliphatic heterocycles. The van der Waals surface area contributed by atoms with E-state index in [9.17, 15) is 0 Å². The third kappa shape index (κ3) is 4.12. The standard InChI is InChI=1S/C15H21N3/c16-11-15-10-14(7-9-18-15)12-17-8-6-13-4-2-1-3-5-13/h7,9-10,13,17H,1-6,8,12H2. The first-order valence-corrected chi connectivity index (χ1v) is 6.94. The van der Waals surface area contributed by atoms with Crippen molar-refractivity contribution in [3.8, 4) is 6.07 Å². The monoisotopic (exact) mass is 243 g/mol. The van der Waals surface area contributed by atoms with Gasteiger partial charge in [-0.25, -0.2) is 4.98 Å². The zero-order chi connectivity index (χ0) is 12.6. The van der Waals surface area contributed by atoms with E-state index >= 15 is 0 Å². The van der Waals surface area contributed by atoms with Crippen LogP contribution in [-0.4, -0.2) is 11.5 Å². The van der Waals surface area contributed by atoms with Crippen LogP contribution in [0.25, 0.3) is 0 Å². The Morgan fingerprint density at radius 1 is 1.33 bits per heavy atom. The molecule has 0 bridgehead atoms. The minimum atomic E-state index is 0.501. The lowest BCUT2D eigenvalue weighted by molar-refractivity contribution is 0.334. The first-order chi connectivity index (χ1) is 8.88. The van der Waals surface area contributed by atoms with Crippen LogP contribution >= 0.6 is 0 Å². The van der Waals surface area contributed by atoms with Gasteiger partial charge in [-0.2, -0.15) is 5.26 Å². The van der Waals surface area contributed by atoms with Gasteiger partial charge >= 0.3 is 0 Å². The zero-order valence-corrected chi connectivity index (χ0v) is 10.9.